The van der Waals surface area contributed by atoms with E-state index < -0.39 is 41.7 Å². The number of nitrogens with one attached hydrogen (secondary N) is 1. The minimum Gasteiger partial charge on any atom is -0.468 e. The molecule has 10 nitrogen and oxygen atoms in total. The summed E-state index contributed by atoms with van der Waals surface area (Å²) < 4.78 is 37.9. The summed E-state index contributed by atoms with van der Waals surface area (Å²) in [7, 11) is 3.10. The molecule has 3 aromatic rings. The number of amides is 3. The Bertz CT molecular complexity index is 1590. The first-order chi connectivity index (χ1) is 20.5. The molecule has 0 saturated carbocycles. The zero-order chi connectivity index (χ0) is 30.9. The lowest BCUT2D eigenvalue weighted by Gasteiger charge is -2.39. The normalized spacial score (nSPS) is 19.1. The highest BCUT2D eigenvalue weighted by Gasteiger charge is 2.52. The molecule has 2 aliphatic rings. The molecule has 0 aliphatic carbocycles. The van der Waals surface area contributed by atoms with Crippen molar-refractivity contribution in [3.8, 4) is 0 Å². The van der Waals surface area contributed by atoms with Crippen molar-refractivity contribution in [2.75, 3.05) is 51.7 Å². The van der Waals surface area contributed by atoms with E-state index in [1.54, 1.807) is 21.7 Å². The summed E-state index contributed by atoms with van der Waals surface area (Å²) in [5.74, 6) is -5.80. The van der Waals surface area contributed by atoms with Gasteiger partial charge in [0, 0.05) is 63.3 Å². The van der Waals surface area contributed by atoms with E-state index in [9.17, 15) is 19.2 Å². The zero-order valence-corrected chi connectivity index (χ0v) is 24.6. The van der Waals surface area contributed by atoms with Crippen LogP contribution in [0.15, 0.2) is 42.6 Å². The maximum absolute atomic E-state index is 16.2. The fourth-order valence-corrected chi connectivity index (χ4v) is 5.95. The number of hydrogen-bond acceptors (Lipinski definition) is 6. The average Bonchev–Trinajstić information content (AvgIpc) is 3.56. The second kappa shape index (κ2) is 12.3. The fourth-order valence-electron chi connectivity index (χ4n) is 5.72. The number of carbonyl (C=O) groups is 4. The molecule has 1 atom stereocenters. The van der Waals surface area contributed by atoms with Gasteiger partial charge in [0.05, 0.1) is 36.3 Å². The first kappa shape index (κ1) is 30.4. The number of alkyl halides is 1. The van der Waals surface area contributed by atoms with Gasteiger partial charge in [0.1, 0.15) is 5.82 Å². The first-order valence-electron chi connectivity index (χ1n) is 13.9. The summed E-state index contributed by atoms with van der Waals surface area (Å²) >= 11 is 6.38. The maximum atomic E-state index is 16.2. The van der Waals surface area contributed by atoms with Gasteiger partial charge in [0.2, 0.25) is 5.91 Å². The molecule has 1 N–H and O–H groups in total. The van der Waals surface area contributed by atoms with Crippen LogP contribution >= 0.6 is 11.6 Å². The predicted molar refractivity (Wildman–Crippen MR) is 156 cm³/mol. The summed E-state index contributed by atoms with van der Waals surface area (Å²) in [6, 6.07) is 9.60. The summed E-state index contributed by atoms with van der Waals surface area (Å²) in [4.78, 5) is 55.1. The number of likely N-dealkylation sites (tertiary alicyclic amines) is 1. The van der Waals surface area contributed by atoms with Crippen molar-refractivity contribution in [2.45, 2.75) is 25.1 Å². The van der Waals surface area contributed by atoms with Gasteiger partial charge in [-0.25, -0.2) is 8.78 Å². The van der Waals surface area contributed by atoms with E-state index in [2.05, 4.69) is 10.1 Å². The van der Waals surface area contributed by atoms with Gasteiger partial charge in [-0.05, 0) is 30.2 Å². The Morgan fingerprint density at radius 3 is 2.51 bits per heavy atom. The molecule has 228 valence electrons. The average molecular weight is 616 g/mol. The molecule has 2 fully saturated rings. The fraction of sp³-hybridized carbons (Fsp3) is 0.400. The van der Waals surface area contributed by atoms with Crippen LogP contribution in [0.2, 0.25) is 5.02 Å². The van der Waals surface area contributed by atoms with Crippen molar-refractivity contribution < 1.29 is 32.7 Å². The number of piperazine rings is 1. The van der Waals surface area contributed by atoms with Gasteiger partial charge in [0.25, 0.3) is 17.6 Å². The standard InChI is InChI=1S/C30H32ClF2N5O5/c1-35-17-21(20-6-3-4-7-25(20)35)28(41)34-24-16-23(32)19(14-22(24)31)15-26(39)38-9-5-8-30(38,33)29(42)37-12-10-36(11-13-37)18-27(40)43-2/h3-4,6-7,14,16-17H,5,8-13,15,18H2,1-2H3,(H,34,41)/t30-/m1/s1. The Balaban J connectivity index is 1.25. The molecule has 2 aromatic carbocycles. The van der Waals surface area contributed by atoms with E-state index >= 15 is 8.78 Å². The SMILES string of the molecule is COC(=O)CN1CCN(C(=O)[C@@]2(F)CCCN2C(=O)Cc2cc(Cl)c(NC(=O)c3cn(C)c4ccccc34)cc2F)CC1. The van der Waals surface area contributed by atoms with E-state index in [0.717, 1.165) is 21.9 Å². The van der Waals surface area contributed by atoms with Gasteiger partial charge in [0.15, 0.2) is 0 Å². The summed E-state index contributed by atoms with van der Waals surface area (Å²) in [5.41, 5.74) is 1.17. The number of para-hydroxylation sites is 1. The predicted octanol–water partition coefficient (Wildman–Crippen LogP) is 3.37. The number of ether oxygens (including phenoxy) is 1. The van der Waals surface area contributed by atoms with Crippen molar-refractivity contribution in [3.63, 3.8) is 0 Å². The molecule has 13 heteroatoms. The van der Waals surface area contributed by atoms with Crippen molar-refractivity contribution in [1.82, 2.24) is 19.3 Å². The number of aromatic nitrogens is 1. The monoisotopic (exact) mass is 615 g/mol. The van der Waals surface area contributed by atoms with Crippen LogP contribution in [-0.4, -0.2) is 95.1 Å². The van der Waals surface area contributed by atoms with Crippen LogP contribution in [0.3, 0.4) is 0 Å². The molecule has 3 heterocycles. The van der Waals surface area contributed by atoms with Crippen LogP contribution in [0.5, 0.6) is 0 Å². The molecule has 0 bridgehead atoms. The highest BCUT2D eigenvalue weighted by molar-refractivity contribution is 6.34. The van der Waals surface area contributed by atoms with Gasteiger partial charge in [-0.3, -0.25) is 24.1 Å². The molecular formula is C30H32ClF2N5O5. The number of anilines is 1. The van der Waals surface area contributed by atoms with Gasteiger partial charge in [-0.2, -0.15) is 0 Å². The second-order valence-corrected chi connectivity index (χ2v) is 11.2. The zero-order valence-electron chi connectivity index (χ0n) is 23.9. The molecule has 2 saturated heterocycles. The molecule has 5 rings (SSSR count). The number of aryl methyl sites for hydroxylation is 1. The molecule has 3 amide bonds. The Morgan fingerprint density at radius 2 is 1.79 bits per heavy atom. The van der Waals surface area contributed by atoms with Gasteiger partial charge < -0.3 is 24.4 Å². The molecule has 0 unspecified atom stereocenters. The lowest BCUT2D eigenvalue weighted by Crippen LogP contribution is -2.59. The molecule has 2 aliphatic heterocycles. The van der Waals surface area contributed by atoms with Crippen LogP contribution in [-0.2, 0) is 32.6 Å². The van der Waals surface area contributed by atoms with E-state index in [4.69, 9.17) is 11.6 Å². The third-order valence-corrected chi connectivity index (χ3v) is 8.37. The number of esters is 1. The maximum Gasteiger partial charge on any atom is 0.319 e. The third kappa shape index (κ3) is 6.07. The molecule has 0 radical (unpaired) electrons. The van der Waals surface area contributed by atoms with Crippen LogP contribution in [0.1, 0.15) is 28.8 Å². The van der Waals surface area contributed by atoms with Crippen molar-refractivity contribution >= 4 is 51.9 Å². The number of rotatable bonds is 7. The van der Waals surface area contributed by atoms with Crippen LogP contribution < -0.4 is 5.32 Å². The number of hydrogen-bond donors (Lipinski definition) is 1. The minimum atomic E-state index is -2.55. The number of fused-ring (bicyclic) bond motifs is 1. The lowest BCUT2D eigenvalue weighted by atomic mass is 10.1. The van der Waals surface area contributed by atoms with Crippen LogP contribution in [0.4, 0.5) is 14.5 Å². The minimum absolute atomic E-state index is 0.00613. The van der Waals surface area contributed by atoms with Crippen LogP contribution in [0, 0.1) is 5.82 Å². The van der Waals surface area contributed by atoms with E-state index in [-0.39, 0.29) is 55.3 Å². The molecular weight excluding hydrogens is 584 g/mol. The topological polar surface area (TPSA) is 104 Å². The van der Waals surface area contributed by atoms with Crippen molar-refractivity contribution in [2.24, 2.45) is 7.05 Å². The first-order valence-corrected chi connectivity index (χ1v) is 14.3. The number of benzene rings is 2. The summed E-state index contributed by atoms with van der Waals surface area (Å²) in [6.45, 7) is 1.19. The van der Waals surface area contributed by atoms with E-state index in [0.29, 0.717) is 18.7 Å². The Morgan fingerprint density at radius 1 is 1.07 bits per heavy atom. The van der Waals surface area contributed by atoms with Gasteiger partial charge >= 0.3 is 5.97 Å². The van der Waals surface area contributed by atoms with Crippen molar-refractivity contribution in [3.05, 3.63) is 64.6 Å². The number of methoxy groups -OCH3 is 1. The molecule has 1 aromatic heterocycles. The largest absolute Gasteiger partial charge is 0.468 e. The Labute approximate surface area is 252 Å². The lowest BCUT2D eigenvalue weighted by molar-refractivity contribution is -0.165. The van der Waals surface area contributed by atoms with Crippen LogP contribution in [0.25, 0.3) is 10.9 Å². The van der Waals surface area contributed by atoms with E-state index in [1.165, 1.54) is 18.1 Å². The second-order valence-electron chi connectivity index (χ2n) is 10.8. The Hall–Kier alpha value is -4.03. The molecule has 0 spiro atoms. The highest BCUT2D eigenvalue weighted by atomic mass is 35.5. The molecule has 43 heavy (non-hydrogen) atoms. The summed E-state index contributed by atoms with van der Waals surface area (Å²) in [6.07, 6.45) is 1.26. The number of halogens is 3. The Kier molecular flexibility index (Phi) is 8.70. The van der Waals surface area contributed by atoms with Crippen molar-refractivity contribution in [1.29, 1.82) is 0 Å². The number of nitrogens with zero attached hydrogens (tertiary/aromatic N) is 4. The highest BCUT2D eigenvalue weighted by Crippen LogP contribution is 2.35. The smallest absolute Gasteiger partial charge is 0.319 e. The quantitative estimate of drug-likeness (QED) is 0.323. The van der Waals surface area contributed by atoms with Gasteiger partial charge in [-0.1, -0.05) is 29.8 Å². The van der Waals surface area contributed by atoms with E-state index in [1.807, 2.05) is 25.2 Å². The third-order valence-electron chi connectivity index (χ3n) is 8.05. The number of carbonyl (C=O) groups excluding carboxylic acids is 4. The summed E-state index contributed by atoms with van der Waals surface area (Å²) in [5, 5.41) is 3.36. The van der Waals surface area contributed by atoms with Gasteiger partial charge in [-0.15, -0.1) is 0 Å².